The van der Waals surface area contributed by atoms with E-state index >= 15 is 0 Å². The standard InChI is InChI=1S/C14H9ClF2N2O/c15-9-4-1-2-5-11(9)19-12(13-6-3-7-20-13)8-10(18-19)14(16)17/h1-8,14H. The van der Waals surface area contributed by atoms with Gasteiger partial charge in [-0.1, -0.05) is 23.7 Å². The van der Waals surface area contributed by atoms with Gasteiger partial charge in [0.1, 0.15) is 11.4 Å². The van der Waals surface area contributed by atoms with Crippen LogP contribution in [0.15, 0.2) is 53.1 Å². The van der Waals surface area contributed by atoms with E-state index in [1.54, 1.807) is 36.4 Å². The second-order valence-electron chi connectivity index (χ2n) is 4.10. The van der Waals surface area contributed by atoms with E-state index in [9.17, 15) is 8.78 Å². The van der Waals surface area contributed by atoms with Crippen LogP contribution in [0.2, 0.25) is 5.02 Å². The Bertz CT molecular complexity index is 723. The van der Waals surface area contributed by atoms with Crippen LogP contribution in [0.3, 0.4) is 0 Å². The van der Waals surface area contributed by atoms with Crippen LogP contribution < -0.4 is 0 Å². The third-order valence-corrected chi connectivity index (χ3v) is 3.13. The molecule has 3 rings (SSSR count). The molecule has 2 heterocycles. The van der Waals surface area contributed by atoms with Crippen molar-refractivity contribution < 1.29 is 13.2 Å². The fraction of sp³-hybridized carbons (Fsp3) is 0.0714. The summed E-state index contributed by atoms with van der Waals surface area (Å²) < 4.78 is 32.4. The van der Waals surface area contributed by atoms with Gasteiger partial charge in [-0.05, 0) is 30.3 Å². The van der Waals surface area contributed by atoms with Crippen molar-refractivity contribution in [3.63, 3.8) is 0 Å². The summed E-state index contributed by atoms with van der Waals surface area (Å²) in [7, 11) is 0. The molecule has 1 aromatic carbocycles. The van der Waals surface area contributed by atoms with Gasteiger partial charge in [0.25, 0.3) is 6.43 Å². The number of hydrogen-bond acceptors (Lipinski definition) is 2. The minimum atomic E-state index is -2.66. The highest BCUT2D eigenvalue weighted by molar-refractivity contribution is 6.32. The molecule has 0 saturated heterocycles. The molecule has 20 heavy (non-hydrogen) atoms. The zero-order valence-corrected chi connectivity index (χ0v) is 10.9. The molecule has 0 aliphatic heterocycles. The van der Waals surface area contributed by atoms with Crippen LogP contribution in [-0.4, -0.2) is 9.78 Å². The van der Waals surface area contributed by atoms with Crippen LogP contribution in [0, 0.1) is 0 Å². The number of halogens is 3. The topological polar surface area (TPSA) is 31.0 Å². The van der Waals surface area contributed by atoms with E-state index in [0.717, 1.165) is 0 Å². The zero-order chi connectivity index (χ0) is 14.1. The summed E-state index contributed by atoms with van der Waals surface area (Å²) in [5.74, 6) is 0.448. The highest BCUT2D eigenvalue weighted by Crippen LogP contribution is 2.30. The van der Waals surface area contributed by atoms with E-state index in [1.165, 1.54) is 17.0 Å². The second-order valence-corrected chi connectivity index (χ2v) is 4.50. The molecule has 0 aliphatic carbocycles. The number of alkyl halides is 2. The number of rotatable bonds is 3. The maximum Gasteiger partial charge on any atom is 0.282 e. The largest absolute Gasteiger partial charge is 0.463 e. The summed E-state index contributed by atoms with van der Waals surface area (Å²) in [6, 6.07) is 11.6. The Hall–Kier alpha value is -2.14. The summed E-state index contributed by atoms with van der Waals surface area (Å²) in [5.41, 5.74) is 0.627. The molecule has 102 valence electrons. The molecule has 0 unspecified atom stereocenters. The second kappa shape index (κ2) is 5.09. The summed E-state index contributed by atoms with van der Waals surface area (Å²) in [6.07, 6.45) is -1.19. The van der Waals surface area contributed by atoms with Gasteiger partial charge in [0.2, 0.25) is 0 Å². The molecule has 0 amide bonds. The fourth-order valence-corrected chi connectivity index (χ4v) is 2.13. The monoisotopic (exact) mass is 294 g/mol. The molecular formula is C14H9ClF2N2O. The van der Waals surface area contributed by atoms with Crippen molar-refractivity contribution in [2.24, 2.45) is 0 Å². The molecule has 0 atom stereocenters. The predicted octanol–water partition coefficient (Wildman–Crippen LogP) is 4.72. The molecule has 0 bridgehead atoms. The normalized spacial score (nSPS) is 11.2. The lowest BCUT2D eigenvalue weighted by atomic mass is 10.2. The Balaban J connectivity index is 2.21. The van der Waals surface area contributed by atoms with Crippen LogP contribution in [-0.2, 0) is 0 Å². The Morgan fingerprint density at radius 3 is 2.60 bits per heavy atom. The summed E-state index contributed by atoms with van der Waals surface area (Å²) >= 11 is 6.10. The van der Waals surface area contributed by atoms with E-state index in [-0.39, 0.29) is 5.69 Å². The molecule has 0 radical (unpaired) electrons. The Labute approximate surface area is 118 Å². The lowest BCUT2D eigenvalue weighted by molar-refractivity contribution is 0.145. The van der Waals surface area contributed by atoms with Crippen LogP contribution >= 0.6 is 11.6 Å². The molecule has 0 saturated carbocycles. The van der Waals surface area contributed by atoms with Crippen LogP contribution in [0.5, 0.6) is 0 Å². The van der Waals surface area contributed by atoms with E-state index in [1.807, 2.05) is 0 Å². The van der Waals surface area contributed by atoms with Gasteiger partial charge in [-0.25, -0.2) is 13.5 Å². The molecule has 3 nitrogen and oxygen atoms in total. The quantitative estimate of drug-likeness (QED) is 0.699. The van der Waals surface area contributed by atoms with Crippen molar-refractivity contribution in [1.82, 2.24) is 9.78 Å². The van der Waals surface area contributed by atoms with E-state index in [2.05, 4.69) is 5.10 Å². The first-order valence-corrected chi connectivity index (χ1v) is 6.21. The van der Waals surface area contributed by atoms with Crippen molar-refractivity contribution in [3.05, 3.63) is 59.4 Å². The number of hydrogen-bond donors (Lipinski definition) is 0. The van der Waals surface area contributed by atoms with Gasteiger partial charge in [0, 0.05) is 0 Å². The van der Waals surface area contributed by atoms with Gasteiger partial charge in [-0.2, -0.15) is 5.10 Å². The Morgan fingerprint density at radius 1 is 1.15 bits per heavy atom. The molecule has 0 fully saturated rings. The van der Waals surface area contributed by atoms with Crippen molar-refractivity contribution >= 4 is 11.6 Å². The molecule has 6 heteroatoms. The van der Waals surface area contributed by atoms with Gasteiger partial charge < -0.3 is 4.42 Å². The van der Waals surface area contributed by atoms with Gasteiger partial charge in [0.15, 0.2) is 5.76 Å². The van der Waals surface area contributed by atoms with Gasteiger partial charge in [-0.3, -0.25) is 0 Å². The number of para-hydroxylation sites is 1. The van der Waals surface area contributed by atoms with Crippen LogP contribution in [0.25, 0.3) is 17.1 Å². The van der Waals surface area contributed by atoms with Crippen molar-refractivity contribution in [2.45, 2.75) is 6.43 Å². The first kappa shape index (κ1) is 12.9. The lowest BCUT2D eigenvalue weighted by Gasteiger charge is -2.07. The van der Waals surface area contributed by atoms with Gasteiger partial charge in [0.05, 0.1) is 17.0 Å². The molecule has 3 aromatic rings. The maximum absolute atomic E-state index is 12.9. The number of nitrogens with zero attached hydrogens (tertiary/aromatic N) is 2. The molecule has 0 N–H and O–H groups in total. The number of benzene rings is 1. The third kappa shape index (κ3) is 2.20. The van der Waals surface area contributed by atoms with Crippen molar-refractivity contribution in [1.29, 1.82) is 0 Å². The molecule has 2 aromatic heterocycles. The van der Waals surface area contributed by atoms with E-state index < -0.39 is 6.43 Å². The fourth-order valence-electron chi connectivity index (χ4n) is 1.91. The first-order valence-electron chi connectivity index (χ1n) is 5.83. The first-order chi connectivity index (χ1) is 9.66. The van der Waals surface area contributed by atoms with Crippen molar-refractivity contribution in [3.8, 4) is 17.1 Å². The smallest absolute Gasteiger partial charge is 0.282 e. The minimum Gasteiger partial charge on any atom is -0.463 e. The Morgan fingerprint density at radius 2 is 1.95 bits per heavy atom. The SMILES string of the molecule is FC(F)c1cc(-c2ccco2)n(-c2ccccc2Cl)n1. The predicted molar refractivity (Wildman–Crippen MR) is 71.2 cm³/mol. The maximum atomic E-state index is 12.9. The average Bonchev–Trinajstić information content (AvgIpc) is 3.08. The van der Waals surface area contributed by atoms with Crippen LogP contribution in [0.1, 0.15) is 12.1 Å². The summed E-state index contributed by atoms with van der Waals surface area (Å²) in [5, 5.41) is 4.34. The van der Waals surface area contributed by atoms with Gasteiger partial charge >= 0.3 is 0 Å². The molecule has 0 spiro atoms. The van der Waals surface area contributed by atoms with Gasteiger partial charge in [-0.15, -0.1) is 0 Å². The van der Waals surface area contributed by atoms with E-state index in [0.29, 0.717) is 22.2 Å². The number of aromatic nitrogens is 2. The summed E-state index contributed by atoms with van der Waals surface area (Å²) in [6.45, 7) is 0. The third-order valence-electron chi connectivity index (χ3n) is 2.81. The minimum absolute atomic E-state index is 0.323. The highest BCUT2D eigenvalue weighted by atomic mass is 35.5. The van der Waals surface area contributed by atoms with Crippen LogP contribution in [0.4, 0.5) is 8.78 Å². The average molecular weight is 295 g/mol. The highest BCUT2D eigenvalue weighted by Gasteiger charge is 2.19. The lowest BCUT2D eigenvalue weighted by Crippen LogP contribution is -2.00. The summed E-state index contributed by atoms with van der Waals surface area (Å²) in [4.78, 5) is 0. The zero-order valence-electron chi connectivity index (χ0n) is 10.1. The Kier molecular flexibility index (Phi) is 3.28. The van der Waals surface area contributed by atoms with Crippen molar-refractivity contribution in [2.75, 3.05) is 0 Å². The molecule has 0 aliphatic rings. The number of furan rings is 1. The molecular weight excluding hydrogens is 286 g/mol. The van der Waals surface area contributed by atoms with E-state index in [4.69, 9.17) is 16.0 Å².